The molecule has 1 unspecified atom stereocenters. The van der Waals surface area contributed by atoms with Gasteiger partial charge in [0.2, 0.25) is 0 Å². The largest absolute Gasteiger partial charge is 0.481 e. The number of carboxylic acid groups (broad SMARTS) is 1. The van der Waals surface area contributed by atoms with Crippen LogP contribution < -0.4 is 0 Å². The molecule has 1 N–H and O–H groups in total. The molecule has 0 aromatic carbocycles. The van der Waals surface area contributed by atoms with Crippen LogP contribution in [0.1, 0.15) is 83.5 Å². The van der Waals surface area contributed by atoms with Crippen molar-refractivity contribution in [3.05, 3.63) is 5.82 Å². The number of rotatable bonds is 12. The number of hydrogen-bond donors (Lipinski definition) is 1. The number of unbranched alkanes of at least 4 members (excludes halogenated alkanes) is 6. The second-order valence-electron chi connectivity index (χ2n) is 5.57. The molecule has 1 aromatic rings. The highest BCUT2D eigenvalue weighted by Gasteiger charge is 2.18. The summed E-state index contributed by atoms with van der Waals surface area (Å²) in [5.41, 5.74) is 0. The van der Waals surface area contributed by atoms with E-state index in [0.717, 1.165) is 25.1 Å². The Balaban J connectivity index is 2.35. The van der Waals surface area contributed by atoms with E-state index in [1.165, 1.54) is 38.5 Å². The molecule has 1 atom stereocenters. The van der Waals surface area contributed by atoms with Crippen molar-refractivity contribution in [3.8, 4) is 0 Å². The Labute approximate surface area is 126 Å². The molecule has 21 heavy (non-hydrogen) atoms. The van der Waals surface area contributed by atoms with Crippen molar-refractivity contribution in [1.82, 2.24) is 20.2 Å². The van der Waals surface area contributed by atoms with Crippen LogP contribution in [0, 0.1) is 0 Å². The van der Waals surface area contributed by atoms with E-state index >= 15 is 0 Å². The van der Waals surface area contributed by atoms with Crippen LogP contribution in [0.3, 0.4) is 0 Å². The third-order valence-electron chi connectivity index (χ3n) is 3.79. The van der Waals surface area contributed by atoms with Crippen LogP contribution in [0.5, 0.6) is 0 Å². The molecular formula is C15H28N4O2. The van der Waals surface area contributed by atoms with Gasteiger partial charge in [0, 0.05) is 6.42 Å². The maximum atomic E-state index is 10.9. The maximum absolute atomic E-state index is 10.9. The third kappa shape index (κ3) is 6.69. The van der Waals surface area contributed by atoms with Crippen LogP contribution in [0.15, 0.2) is 0 Å². The molecule has 1 aromatic heterocycles. The summed E-state index contributed by atoms with van der Waals surface area (Å²) in [7, 11) is 0. The normalized spacial score (nSPS) is 12.5. The quantitative estimate of drug-likeness (QED) is 0.598. The number of carbonyl (C=O) groups is 1. The molecule has 0 aliphatic carbocycles. The summed E-state index contributed by atoms with van der Waals surface area (Å²) >= 11 is 0. The third-order valence-corrected chi connectivity index (χ3v) is 3.79. The van der Waals surface area contributed by atoms with E-state index in [1.54, 1.807) is 4.68 Å². The van der Waals surface area contributed by atoms with Crippen molar-refractivity contribution >= 4 is 5.97 Å². The molecule has 0 aliphatic heterocycles. The predicted octanol–water partition coefficient (Wildman–Crippen LogP) is 3.39. The number of nitrogens with zero attached hydrogens (tertiary/aromatic N) is 4. The minimum atomic E-state index is -0.806. The van der Waals surface area contributed by atoms with Crippen molar-refractivity contribution in [2.75, 3.05) is 0 Å². The average Bonchev–Trinajstić information content (AvgIpc) is 2.92. The van der Waals surface area contributed by atoms with Gasteiger partial charge in [-0.3, -0.25) is 4.79 Å². The highest BCUT2D eigenvalue weighted by Crippen LogP contribution is 2.17. The number of hydrogen-bond acceptors (Lipinski definition) is 4. The first kappa shape index (κ1) is 17.6. The molecule has 0 saturated heterocycles. The van der Waals surface area contributed by atoms with Gasteiger partial charge >= 0.3 is 5.97 Å². The molecule has 0 bridgehead atoms. The van der Waals surface area contributed by atoms with Crippen LogP contribution in [-0.4, -0.2) is 31.3 Å². The second kappa shape index (κ2) is 10.3. The Bertz CT molecular complexity index is 406. The minimum absolute atomic E-state index is 0.0750. The van der Waals surface area contributed by atoms with Gasteiger partial charge in [-0.2, -0.15) is 0 Å². The van der Waals surface area contributed by atoms with E-state index < -0.39 is 5.97 Å². The Morgan fingerprint density at radius 2 is 1.81 bits per heavy atom. The SMILES string of the molecule is CCCCCCCCCc1nnnn1C(CC)CC(=O)O. The van der Waals surface area contributed by atoms with Gasteiger partial charge in [-0.15, -0.1) is 5.10 Å². The van der Waals surface area contributed by atoms with Gasteiger partial charge in [-0.25, -0.2) is 4.68 Å². The number of tetrazole rings is 1. The fourth-order valence-electron chi connectivity index (χ4n) is 2.51. The highest BCUT2D eigenvalue weighted by molar-refractivity contribution is 5.67. The molecule has 0 fully saturated rings. The Kier molecular flexibility index (Phi) is 8.62. The summed E-state index contributed by atoms with van der Waals surface area (Å²) < 4.78 is 1.70. The van der Waals surface area contributed by atoms with Gasteiger partial charge in [-0.05, 0) is 23.3 Å². The summed E-state index contributed by atoms with van der Waals surface area (Å²) in [6.07, 6.45) is 10.4. The van der Waals surface area contributed by atoms with Gasteiger partial charge in [0.25, 0.3) is 0 Å². The standard InChI is InChI=1S/C15H28N4O2/c1-3-5-6-7-8-9-10-11-14-16-17-18-19(14)13(4-2)12-15(20)21/h13H,3-12H2,1-2H3,(H,20,21). The van der Waals surface area contributed by atoms with E-state index in [0.29, 0.717) is 0 Å². The summed E-state index contributed by atoms with van der Waals surface area (Å²) in [5, 5.41) is 20.7. The van der Waals surface area contributed by atoms with Gasteiger partial charge in [-0.1, -0.05) is 52.4 Å². The van der Waals surface area contributed by atoms with Gasteiger partial charge < -0.3 is 5.11 Å². The Morgan fingerprint density at radius 1 is 1.14 bits per heavy atom. The molecule has 120 valence electrons. The lowest BCUT2D eigenvalue weighted by molar-refractivity contribution is -0.138. The predicted molar refractivity (Wildman–Crippen MR) is 81.1 cm³/mol. The maximum Gasteiger partial charge on any atom is 0.305 e. The van der Waals surface area contributed by atoms with Crippen molar-refractivity contribution in [3.63, 3.8) is 0 Å². The monoisotopic (exact) mass is 296 g/mol. The number of aryl methyl sites for hydroxylation is 1. The van der Waals surface area contributed by atoms with Crippen molar-refractivity contribution in [2.24, 2.45) is 0 Å². The number of aromatic nitrogens is 4. The molecule has 0 saturated carbocycles. The van der Waals surface area contributed by atoms with Crippen molar-refractivity contribution in [1.29, 1.82) is 0 Å². The first-order valence-electron chi connectivity index (χ1n) is 8.17. The molecule has 6 nitrogen and oxygen atoms in total. The zero-order valence-electron chi connectivity index (χ0n) is 13.3. The molecule has 0 aliphatic rings. The summed E-state index contributed by atoms with van der Waals surface area (Å²) in [5.74, 6) is 0.0101. The lowest BCUT2D eigenvalue weighted by atomic mass is 10.1. The summed E-state index contributed by atoms with van der Waals surface area (Å²) in [4.78, 5) is 10.9. The fraction of sp³-hybridized carbons (Fsp3) is 0.867. The van der Waals surface area contributed by atoms with E-state index in [4.69, 9.17) is 5.11 Å². The number of carboxylic acids is 1. The average molecular weight is 296 g/mol. The van der Waals surface area contributed by atoms with E-state index in [2.05, 4.69) is 22.4 Å². The summed E-state index contributed by atoms with van der Waals surface area (Å²) in [6.45, 7) is 4.19. The molecule has 1 heterocycles. The molecule has 1 rings (SSSR count). The van der Waals surface area contributed by atoms with Crippen LogP contribution >= 0.6 is 0 Å². The zero-order valence-corrected chi connectivity index (χ0v) is 13.3. The first-order chi connectivity index (χ1) is 10.2. The lowest BCUT2D eigenvalue weighted by Crippen LogP contribution is -2.17. The molecule has 6 heteroatoms. The fourth-order valence-corrected chi connectivity index (χ4v) is 2.51. The highest BCUT2D eigenvalue weighted by atomic mass is 16.4. The van der Waals surface area contributed by atoms with Crippen LogP contribution in [0.4, 0.5) is 0 Å². The topological polar surface area (TPSA) is 80.9 Å². The van der Waals surface area contributed by atoms with Crippen LogP contribution in [0.25, 0.3) is 0 Å². The first-order valence-corrected chi connectivity index (χ1v) is 8.17. The molecule has 0 amide bonds. The van der Waals surface area contributed by atoms with Crippen molar-refractivity contribution < 1.29 is 9.90 Å². The van der Waals surface area contributed by atoms with Gasteiger partial charge in [0.15, 0.2) is 5.82 Å². The van der Waals surface area contributed by atoms with Crippen LogP contribution in [-0.2, 0) is 11.2 Å². The summed E-state index contributed by atoms with van der Waals surface area (Å²) in [6, 6.07) is -0.142. The molecule has 0 radical (unpaired) electrons. The lowest BCUT2D eigenvalue weighted by Gasteiger charge is -2.14. The Hall–Kier alpha value is -1.46. The minimum Gasteiger partial charge on any atom is -0.481 e. The molecule has 0 spiro atoms. The van der Waals surface area contributed by atoms with Crippen molar-refractivity contribution in [2.45, 2.75) is 84.1 Å². The van der Waals surface area contributed by atoms with E-state index in [-0.39, 0.29) is 12.5 Å². The van der Waals surface area contributed by atoms with E-state index in [1.807, 2.05) is 6.92 Å². The van der Waals surface area contributed by atoms with Crippen LogP contribution in [0.2, 0.25) is 0 Å². The van der Waals surface area contributed by atoms with E-state index in [9.17, 15) is 4.79 Å². The Morgan fingerprint density at radius 3 is 2.43 bits per heavy atom. The number of aliphatic carboxylic acids is 1. The second-order valence-corrected chi connectivity index (χ2v) is 5.57. The smallest absolute Gasteiger partial charge is 0.305 e. The zero-order chi connectivity index (χ0) is 15.5. The van der Waals surface area contributed by atoms with Gasteiger partial charge in [0.1, 0.15) is 0 Å². The molecular weight excluding hydrogens is 268 g/mol. The van der Waals surface area contributed by atoms with Gasteiger partial charge in [0.05, 0.1) is 12.5 Å².